The van der Waals surface area contributed by atoms with Crippen molar-refractivity contribution in [1.29, 1.82) is 0 Å². The molecule has 2 N–H and O–H groups in total. The Morgan fingerprint density at radius 1 is 1.31 bits per heavy atom. The van der Waals surface area contributed by atoms with Crippen LogP contribution in [0.4, 0.5) is 0 Å². The second kappa shape index (κ2) is 5.35. The highest BCUT2D eigenvalue weighted by atomic mass is 16.5. The summed E-state index contributed by atoms with van der Waals surface area (Å²) in [6, 6.07) is 6.69. The van der Waals surface area contributed by atoms with Gasteiger partial charge in [-0.25, -0.2) is 0 Å². The molecule has 0 amide bonds. The number of aryl methyl sites for hydroxylation is 1. The van der Waals surface area contributed by atoms with Crippen molar-refractivity contribution in [3.63, 3.8) is 0 Å². The molecule has 0 unspecified atom stereocenters. The lowest BCUT2D eigenvalue weighted by Crippen LogP contribution is -1.99. The first-order chi connectivity index (χ1) is 7.85. The first-order valence-corrected chi connectivity index (χ1v) is 6.22. The molecule has 88 valence electrons. The molecule has 2 nitrogen and oxygen atoms in total. The third-order valence-corrected chi connectivity index (χ3v) is 3.23. The predicted molar refractivity (Wildman–Crippen MR) is 67.0 cm³/mol. The van der Waals surface area contributed by atoms with Crippen LogP contribution >= 0.6 is 0 Å². The zero-order chi connectivity index (χ0) is 11.4. The lowest BCUT2D eigenvalue weighted by Gasteiger charge is -2.10. The Morgan fingerprint density at radius 3 is 2.75 bits per heavy atom. The minimum absolute atomic E-state index is 0.757. The van der Waals surface area contributed by atoms with Gasteiger partial charge in [-0.3, -0.25) is 0 Å². The molecule has 1 aromatic rings. The van der Waals surface area contributed by atoms with E-state index in [0.717, 1.165) is 31.1 Å². The van der Waals surface area contributed by atoms with Gasteiger partial charge in [0.1, 0.15) is 5.75 Å². The van der Waals surface area contributed by atoms with Crippen molar-refractivity contribution in [3.05, 3.63) is 29.3 Å². The summed E-state index contributed by atoms with van der Waals surface area (Å²) in [5.41, 5.74) is 8.26. The second-order valence-corrected chi connectivity index (χ2v) is 4.60. The summed E-state index contributed by atoms with van der Waals surface area (Å²) >= 11 is 0. The predicted octanol–water partition coefficient (Wildman–Crippen LogP) is 2.85. The maximum Gasteiger partial charge on any atom is 0.122 e. The summed E-state index contributed by atoms with van der Waals surface area (Å²) in [7, 11) is 1.77. The SMILES string of the molecule is COc1cc(CCCCN)ccc1C1CC1. The van der Waals surface area contributed by atoms with Gasteiger partial charge in [0.05, 0.1) is 7.11 Å². The number of rotatable bonds is 6. The maximum atomic E-state index is 5.50. The van der Waals surface area contributed by atoms with Crippen LogP contribution in [0, 0.1) is 0 Å². The summed E-state index contributed by atoms with van der Waals surface area (Å²) in [4.78, 5) is 0. The van der Waals surface area contributed by atoms with E-state index < -0.39 is 0 Å². The van der Waals surface area contributed by atoms with E-state index in [4.69, 9.17) is 10.5 Å². The smallest absolute Gasteiger partial charge is 0.122 e. The van der Waals surface area contributed by atoms with Crippen molar-refractivity contribution in [1.82, 2.24) is 0 Å². The van der Waals surface area contributed by atoms with Gasteiger partial charge in [0.15, 0.2) is 0 Å². The van der Waals surface area contributed by atoms with Crippen LogP contribution < -0.4 is 10.5 Å². The summed E-state index contributed by atoms with van der Waals surface area (Å²) < 4.78 is 5.47. The Bertz CT molecular complexity index is 345. The molecule has 0 heterocycles. The van der Waals surface area contributed by atoms with E-state index in [2.05, 4.69) is 18.2 Å². The molecule has 1 aromatic carbocycles. The summed E-state index contributed by atoms with van der Waals surface area (Å²) in [6.45, 7) is 0.789. The number of nitrogens with two attached hydrogens (primary N) is 1. The van der Waals surface area contributed by atoms with Crippen molar-refractivity contribution in [2.24, 2.45) is 5.73 Å². The quantitative estimate of drug-likeness (QED) is 0.747. The Balaban J connectivity index is 2.03. The molecule has 0 atom stereocenters. The summed E-state index contributed by atoms with van der Waals surface area (Å²) in [5, 5.41) is 0. The molecule has 0 radical (unpaired) electrons. The molecule has 1 saturated carbocycles. The molecule has 1 aliphatic rings. The van der Waals surface area contributed by atoms with Crippen LogP contribution in [-0.2, 0) is 6.42 Å². The third kappa shape index (κ3) is 2.76. The van der Waals surface area contributed by atoms with Crippen molar-refractivity contribution in [2.45, 2.75) is 38.0 Å². The largest absolute Gasteiger partial charge is 0.496 e. The molecule has 2 rings (SSSR count). The molecule has 0 aromatic heterocycles. The van der Waals surface area contributed by atoms with E-state index in [-0.39, 0.29) is 0 Å². The first-order valence-electron chi connectivity index (χ1n) is 6.22. The highest BCUT2D eigenvalue weighted by Crippen LogP contribution is 2.44. The molecule has 1 fully saturated rings. The van der Waals surface area contributed by atoms with Crippen LogP contribution in [0.15, 0.2) is 18.2 Å². The van der Waals surface area contributed by atoms with Crippen LogP contribution in [0.25, 0.3) is 0 Å². The normalized spacial score (nSPS) is 15.1. The van der Waals surface area contributed by atoms with Crippen LogP contribution in [0.3, 0.4) is 0 Å². The number of ether oxygens (including phenoxy) is 1. The van der Waals surface area contributed by atoms with E-state index in [0.29, 0.717) is 0 Å². The highest BCUT2D eigenvalue weighted by molar-refractivity contribution is 5.41. The molecule has 2 heteroatoms. The van der Waals surface area contributed by atoms with Crippen LogP contribution in [0.5, 0.6) is 5.75 Å². The van der Waals surface area contributed by atoms with Gasteiger partial charge in [0.25, 0.3) is 0 Å². The molecule has 0 aliphatic heterocycles. The van der Waals surface area contributed by atoms with Crippen LogP contribution in [-0.4, -0.2) is 13.7 Å². The zero-order valence-corrected chi connectivity index (χ0v) is 10.0. The molecule has 0 bridgehead atoms. The summed E-state index contributed by atoms with van der Waals surface area (Å²) in [6.07, 6.45) is 6.03. The van der Waals surface area contributed by atoms with Gasteiger partial charge in [-0.15, -0.1) is 0 Å². The van der Waals surface area contributed by atoms with Gasteiger partial charge in [-0.1, -0.05) is 12.1 Å². The first kappa shape index (κ1) is 11.5. The molecule has 0 saturated heterocycles. The monoisotopic (exact) mass is 219 g/mol. The number of benzene rings is 1. The zero-order valence-electron chi connectivity index (χ0n) is 10.0. The number of hydrogen-bond donors (Lipinski definition) is 1. The minimum atomic E-state index is 0.757. The minimum Gasteiger partial charge on any atom is -0.496 e. The van der Waals surface area contributed by atoms with Gasteiger partial charge in [-0.2, -0.15) is 0 Å². The fourth-order valence-electron chi connectivity index (χ4n) is 2.12. The Hall–Kier alpha value is -1.02. The maximum absolute atomic E-state index is 5.50. The van der Waals surface area contributed by atoms with Crippen LogP contribution in [0.1, 0.15) is 42.7 Å². The molecular weight excluding hydrogens is 198 g/mol. The van der Waals surface area contributed by atoms with E-state index in [1.54, 1.807) is 7.11 Å². The third-order valence-electron chi connectivity index (χ3n) is 3.23. The van der Waals surface area contributed by atoms with Crippen LogP contribution in [0.2, 0.25) is 0 Å². The molecular formula is C14H21NO. The number of methoxy groups -OCH3 is 1. The molecule has 1 aliphatic carbocycles. The number of unbranched alkanes of at least 4 members (excludes halogenated alkanes) is 1. The summed E-state index contributed by atoms with van der Waals surface area (Å²) in [5.74, 6) is 1.83. The average molecular weight is 219 g/mol. The fourth-order valence-corrected chi connectivity index (χ4v) is 2.12. The fraction of sp³-hybridized carbons (Fsp3) is 0.571. The Morgan fingerprint density at radius 2 is 2.12 bits per heavy atom. The molecule has 16 heavy (non-hydrogen) atoms. The lowest BCUT2D eigenvalue weighted by molar-refractivity contribution is 0.409. The standard InChI is InChI=1S/C14H21NO/c1-16-14-10-11(4-2-3-9-15)5-8-13(14)12-6-7-12/h5,8,10,12H,2-4,6-7,9,15H2,1H3. The topological polar surface area (TPSA) is 35.2 Å². The molecule has 0 spiro atoms. The second-order valence-electron chi connectivity index (χ2n) is 4.60. The lowest BCUT2D eigenvalue weighted by atomic mass is 10.0. The van der Waals surface area contributed by atoms with Crippen molar-refractivity contribution >= 4 is 0 Å². The van der Waals surface area contributed by atoms with E-state index >= 15 is 0 Å². The van der Waals surface area contributed by atoms with E-state index in [1.165, 1.54) is 30.4 Å². The van der Waals surface area contributed by atoms with Gasteiger partial charge >= 0.3 is 0 Å². The van der Waals surface area contributed by atoms with Crippen molar-refractivity contribution in [3.8, 4) is 5.75 Å². The Labute approximate surface area is 97.8 Å². The Kier molecular flexibility index (Phi) is 3.83. The number of hydrogen-bond acceptors (Lipinski definition) is 2. The van der Waals surface area contributed by atoms with Gasteiger partial charge in [-0.05, 0) is 61.8 Å². The highest BCUT2D eigenvalue weighted by Gasteiger charge is 2.26. The van der Waals surface area contributed by atoms with Crippen molar-refractivity contribution < 1.29 is 4.74 Å². The van der Waals surface area contributed by atoms with Gasteiger partial charge in [0.2, 0.25) is 0 Å². The van der Waals surface area contributed by atoms with Gasteiger partial charge in [0, 0.05) is 0 Å². The average Bonchev–Trinajstić information content (AvgIpc) is 3.13. The van der Waals surface area contributed by atoms with E-state index in [9.17, 15) is 0 Å². The van der Waals surface area contributed by atoms with Gasteiger partial charge < -0.3 is 10.5 Å². The van der Waals surface area contributed by atoms with E-state index in [1.807, 2.05) is 0 Å². The van der Waals surface area contributed by atoms with Crippen molar-refractivity contribution in [2.75, 3.05) is 13.7 Å².